The third-order valence-electron chi connectivity index (χ3n) is 3.60. The van der Waals surface area contributed by atoms with Crippen LogP contribution in [0.25, 0.3) is 0 Å². The highest BCUT2D eigenvalue weighted by molar-refractivity contribution is 5.58. The van der Waals surface area contributed by atoms with E-state index in [1.54, 1.807) is 0 Å². The summed E-state index contributed by atoms with van der Waals surface area (Å²) in [5.74, 6) is 2.39. The maximum atomic E-state index is 9.57. The minimum absolute atomic E-state index is 0.0622. The monoisotopic (exact) mass is 280 g/mol. The van der Waals surface area contributed by atoms with Crippen LogP contribution < -0.4 is 10.6 Å². The van der Waals surface area contributed by atoms with Crippen LogP contribution in [0.2, 0.25) is 0 Å². The predicted molar refractivity (Wildman–Crippen MR) is 84.4 cm³/mol. The molecule has 0 radical (unpaired) electrons. The molecule has 1 aromatic rings. The molecule has 1 heterocycles. The van der Waals surface area contributed by atoms with Crippen LogP contribution in [0.1, 0.15) is 52.4 Å². The molecular formula is C15H28N4O. The molecule has 0 spiro atoms. The van der Waals surface area contributed by atoms with E-state index in [0.29, 0.717) is 0 Å². The second kappa shape index (κ2) is 5.95. The predicted octanol–water partition coefficient (Wildman–Crippen LogP) is 2.70. The molecule has 5 nitrogen and oxygen atoms in total. The summed E-state index contributed by atoms with van der Waals surface area (Å²) in [4.78, 5) is 9.24. The summed E-state index contributed by atoms with van der Waals surface area (Å²) in [6.07, 6.45) is 0.812. The molecule has 1 atom stereocenters. The van der Waals surface area contributed by atoms with Crippen molar-refractivity contribution in [1.82, 2.24) is 9.97 Å². The first-order valence-electron chi connectivity index (χ1n) is 7.12. The van der Waals surface area contributed by atoms with Gasteiger partial charge in [0.1, 0.15) is 17.5 Å². The quantitative estimate of drug-likeness (QED) is 0.773. The van der Waals surface area contributed by atoms with Crippen molar-refractivity contribution in [2.45, 2.75) is 58.9 Å². The average Bonchev–Trinajstić information content (AvgIpc) is 2.39. The van der Waals surface area contributed by atoms with Crippen LogP contribution in [0.15, 0.2) is 0 Å². The zero-order valence-corrected chi connectivity index (χ0v) is 13.8. The largest absolute Gasteiger partial charge is 0.394 e. The number of aromatic nitrogens is 2. The fraction of sp³-hybridized carbons (Fsp3) is 0.733. The number of hydrogen-bond donors (Lipinski definition) is 3. The number of hydrogen-bond acceptors (Lipinski definition) is 5. The first-order valence-corrected chi connectivity index (χ1v) is 7.12. The van der Waals surface area contributed by atoms with E-state index in [2.05, 4.69) is 41.4 Å². The van der Waals surface area contributed by atoms with Crippen LogP contribution in [0.3, 0.4) is 0 Å². The van der Waals surface area contributed by atoms with Crippen molar-refractivity contribution in [3.8, 4) is 0 Å². The number of nitrogens with one attached hydrogen (secondary N) is 2. The second-order valence-electron chi connectivity index (χ2n) is 6.57. The molecule has 0 aliphatic carbocycles. The number of rotatable bonds is 5. The van der Waals surface area contributed by atoms with Gasteiger partial charge in [0.15, 0.2) is 0 Å². The molecule has 1 aromatic heterocycles. The highest BCUT2D eigenvalue weighted by atomic mass is 16.3. The molecule has 5 heteroatoms. The molecule has 0 amide bonds. The van der Waals surface area contributed by atoms with Crippen LogP contribution >= 0.6 is 0 Å². The Balaban J connectivity index is 3.31. The van der Waals surface area contributed by atoms with Crippen molar-refractivity contribution >= 4 is 11.6 Å². The lowest BCUT2D eigenvalue weighted by Gasteiger charge is -2.30. The van der Waals surface area contributed by atoms with E-state index >= 15 is 0 Å². The maximum Gasteiger partial charge on any atom is 0.138 e. The van der Waals surface area contributed by atoms with E-state index < -0.39 is 0 Å². The van der Waals surface area contributed by atoms with Crippen LogP contribution in [0.5, 0.6) is 0 Å². The van der Waals surface area contributed by atoms with Crippen molar-refractivity contribution in [1.29, 1.82) is 0 Å². The van der Waals surface area contributed by atoms with Crippen LogP contribution in [0.4, 0.5) is 11.6 Å². The Bertz CT molecular complexity index is 462. The summed E-state index contributed by atoms with van der Waals surface area (Å²) in [7, 11) is 1.86. The Kier molecular flexibility index (Phi) is 4.97. The van der Waals surface area contributed by atoms with Gasteiger partial charge in [-0.1, -0.05) is 27.7 Å². The standard InChI is InChI=1S/C15H28N4O/c1-8-15(6,9-20)19-12-10(2)11(16-7)17-13(18-12)14(3,4)5/h20H,8-9H2,1-7H3,(H2,16,17,18,19). The summed E-state index contributed by atoms with van der Waals surface area (Å²) >= 11 is 0. The minimum atomic E-state index is -0.376. The van der Waals surface area contributed by atoms with E-state index in [1.807, 2.05) is 27.8 Å². The average molecular weight is 280 g/mol. The molecule has 0 aliphatic heterocycles. The fourth-order valence-corrected chi connectivity index (χ4v) is 1.74. The van der Waals surface area contributed by atoms with E-state index in [4.69, 9.17) is 0 Å². The van der Waals surface area contributed by atoms with Crippen molar-refractivity contribution < 1.29 is 5.11 Å². The lowest BCUT2D eigenvalue weighted by Crippen LogP contribution is -2.39. The Morgan fingerprint density at radius 1 is 1.10 bits per heavy atom. The zero-order chi connectivity index (χ0) is 15.6. The molecule has 0 fully saturated rings. The van der Waals surface area contributed by atoms with Crippen molar-refractivity contribution in [3.05, 3.63) is 11.4 Å². The van der Waals surface area contributed by atoms with Crippen molar-refractivity contribution in [2.24, 2.45) is 0 Å². The van der Waals surface area contributed by atoms with E-state index in [0.717, 1.165) is 29.4 Å². The topological polar surface area (TPSA) is 70.1 Å². The number of aliphatic hydroxyl groups is 1. The summed E-state index contributed by atoms with van der Waals surface area (Å²) in [6.45, 7) is 12.3. The van der Waals surface area contributed by atoms with Crippen LogP contribution in [-0.2, 0) is 5.41 Å². The van der Waals surface area contributed by atoms with Crippen molar-refractivity contribution in [3.63, 3.8) is 0 Å². The van der Waals surface area contributed by atoms with Gasteiger partial charge in [0.25, 0.3) is 0 Å². The van der Waals surface area contributed by atoms with Crippen molar-refractivity contribution in [2.75, 3.05) is 24.3 Å². The van der Waals surface area contributed by atoms with Gasteiger partial charge in [-0.3, -0.25) is 0 Å². The molecule has 0 aromatic carbocycles. The molecule has 0 bridgehead atoms. The Hall–Kier alpha value is -1.36. The molecule has 114 valence electrons. The van der Waals surface area contributed by atoms with Gasteiger partial charge < -0.3 is 15.7 Å². The fourth-order valence-electron chi connectivity index (χ4n) is 1.74. The summed E-state index contributed by atoms with van der Waals surface area (Å²) in [5, 5.41) is 16.1. The summed E-state index contributed by atoms with van der Waals surface area (Å²) < 4.78 is 0. The lowest BCUT2D eigenvalue weighted by atomic mass is 9.95. The van der Waals surface area contributed by atoms with Gasteiger partial charge in [-0.05, 0) is 20.3 Å². The second-order valence-corrected chi connectivity index (χ2v) is 6.57. The molecule has 0 saturated carbocycles. The number of aliphatic hydroxyl groups excluding tert-OH is 1. The van der Waals surface area contributed by atoms with Gasteiger partial charge in [0.2, 0.25) is 0 Å². The molecule has 20 heavy (non-hydrogen) atoms. The van der Waals surface area contributed by atoms with Crippen LogP contribution in [-0.4, -0.2) is 34.3 Å². The smallest absolute Gasteiger partial charge is 0.138 e. The van der Waals surface area contributed by atoms with Gasteiger partial charge in [-0.15, -0.1) is 0 Å². The SMILES string of the molecule is CCC(C)(CO)Nc1nc(C(C)(C)C)nc(NC)c1C. The van der Waals surface area contributed by atoms with E-state index in [-0.39, 0.29) is 17.6 Å². The van der Waals surface area contributed by atoms with E-state index in [9.17, 15) is 5.11 Å². The van der Waals surface area contributed by atoms with Crippen LogP contribution in [0, 0.1) is 6.92 Å². The molecular weight excluding hydrogens is 252 g/mol. The first-order chi connectivity index (χ1) is 9.16. The Morgan fingerprint density at radius 3 is 2.05 bits per heavy atom. The third kappa shape index (κ3) is 3.60. The Morgan fingerprint density at radius 2 is 1.65 bits per heavy atom. The molecule has 1 unspecified atom stereocenters. The first kappa shape index (κ1) is 16.7. The summed E-state index contributed by atoms with van der Waals surface area (Å²) in [5.41, 5.74) is 0.463. The Labute approximate surface area is 122 Å². The van der Waals surface area contributed by atoms with Gasteiger partial charge >= 0.3 is 0 Å². The number of anilines is 2. The highest BCUT2D eigenvalue weighted by Crippen LogP contribution is 2.28. The normalized spacial score (nSPS) is 14.8. The molecule has 0 aliphatic rings. The molecule has 0 saturated heterocycles. The van der Waals surface area contributed by atoms with Gasteiger partial charge in [0, 0.05) is 18.0 Å². The maximum absolute atomic E-state index is 9.57. The third-order valence-corrected chi connectivity index (χ3v) is 3.60. The van der Waals surface area contributed by atoms with Gasteiger partial charge in [0.05, 0.1) is 12.1 Å². The molecule has 1 rings (SSSR count). The number of nitrogens with zero attached hydrogens (tertiary/aromatic N) is 2. The highest BCUT2D eigenvalue weighted by Gasteiger charge is 2.25. The van der Waals surface area contributed by atoms with E-state index in [1.165, 1.54) is 0 Å². The lowest BCUT2D eigenvalue weighted by molar-refractivity contribution is 0.218. The van der Waals surface area contributed by atoms with Gasteiger partial charge in [-0.2, -0.15) is 0 Å². The summed E-state index contributed by atoms with van der Waals surface area (Å²) in [6, 6.07) is 0. The zero-order valence-electron chi connectivity index (χ0n) is 13.8. The minimum Gasteiger partial charge on any atom is -0.394 e. The molecule has 3 N–H and O–H groups in total. The van der Waals surface area contributed by atoms with Gasteiger partial charge in [-0.25, -0.2) is 9.97 Å².